The van der Waals surface area contributed by atoms with Crippen LogP contribution in [0.3, 0.4) is 0 Å². The van der Waals surface area contributed by atoms with Crippen LogP contribution in [0.15, 0.2) is 34.9 Å². The summed E-state index contributed by atoms with van der Waals surface area (Å²) in [6, 6.07) is 6.31. The van der Waals surface area contributed by atoms with E-state index in [1.54, 1.807) is 12.1 Å². The van der Waals surface area contributed by atoms with Crippen molar-refractivity contribution in [1.29, 1.82) is 0 Å². The zero-order valence-electron chi connectivity index (χ0n) is 12.7. The molecule has 1 unspecified atom stereocenters. The zero-order valence-corrected chi connectivity index (χ0v) is 13.5. The number of halogens is 1. The molecule has 24 heavy (non-hydrogen) atoms. The first-order chi connectivity index (χ1) is 11.5. The fourth-order valence-corrected chi connectivity index (χ4v) is 2.36. The second-order valence-electron chi connectivity index (χ2n) is 5.04. The summed E-state index contributed by atoms with van der Waals surface area (Å²) < 4.78 is 20.6. The van der Waals surface area contributed by atoms with E-state index in [0.717, 1.165) is 0 Å². The normalized spacial score (nSPS) is 13.4. The van der Waals surface area contributed by atoms with E-state index in [9.17, 15) is 9.59 Å². The van der Waals surface area contributed by atoms with Crippen LogP contribution in [0.25, 0.3) is 0 Å². The van der Waals surface area contributed by atoms with Crippen molar-refractivity contribution < 1.29 is 28.2 Å². The minimum atomic E-state index is -0.975. The van der Waals surface area contributed by atoms with E-state index in [1.807, 2.05) is 0 Å². The topological polar surface area (TPSA) is 87.0 Å². The van der Waals surface area contributed by atoms with Crippen molar-refractivity contribution in [2.75, 3.05) is 6.79 Å². The SMILES string of the molecule is CC(OC(=O)c1cc(Cl)c2c(c1)OCO2)C(=O)NCc1ccco1. The molecule has 0 spiro atoms. The summed E-state index contributed by atoms with van der Waals surface area (Å²) in [5.74, 6) is 0.230. The molecule has 0 saturated heterocycles. The first-order valence-electron chi connectivity index (χ1n) is 7.15. The molecule has 8 heteroatoms. The Bertz CT molecular complexity index is 758. The first kappa shape index (κ1) is 16.2. The van der Waals surface area contributed by atoms with Crippen LogP contribution in [0.5, 0.6) is 11.5 Å². The number of nitrogens with one attached hydrogen (secondary N) is 1. The monoisotopic (exact) mass is 351 g/mol. The fraction of sp³-hybridized carbons (Fsp3) is 0.250. The predicted molar refractivity (Wildman–Crippen MR) is 83.0 cm³/mol. The number of carbonyl (C=O) groups is 2. The molecule has 3 rings (SSSR count). The van der Waals surface area contributed by atoms with Crippen molar-refractivity contribution in [3.63, 3.8) is 0 Å². The molecule has 0 saturated carbocycles. The number of esters is 1. The number of hydrogen-bond acceptors (Lipinski definition) is 6. The number of ether oxygens (including phenoxy) is 3. The first-order valence-corrected chi connectivity index (χ1v) is 7.52. The van der Waals surface area contributed by atoms with Gasteiger partial charge >= 0.3 is 5.97 Å². The average molecular weight is 352 g/mol. The molecule has 0 fully saturated rings. The molecule has 1 atom stereocenters. The number of rotatable bonds is 5. The maximum absolute atomic E-state index is 12.2. The van der Waals surface area contributed by atoms with Crippen LogP contribution in [0.1, 0.15) is 23.0 Å². The zero-order chi connectivity index (χ0) is 17.1. The van der Waals surface area contributed by atoms with Gasteiger partial charge in [0.25, 0.3) is 5.91 Å². The molecule has 1 aliphatic heterocycles. The van der Waals surface area contributed by atoms with Crippen LogP contribution < -0.4 is 14.8 Å². The van der Waals surface area contributed by atoms with Crippen molar-refractivity contribution in [1.82, 2.24) is 5.32 Å². The van der Waals surface area contributed by atoms with Crippen LogP contribution in [-0.2, 0) is 16.1 Å². The van der Waals surface area contributed by atoms with E-state index in [1.165, 1.54) is 25.3 Å². The Kier molecular flexibility index (Phi) is 4.61. The van der Waals surface area contributed by atoms with Gasteiger partial charge in [-0.25, -0.2) is 4.79 Å². The highest BCUT2D eigenvalue weighted by Crippen LogP contribution is 2.39. The molecule has 0 bridgehead atoms. The summed E-state index contributed by atoms with van der Waals surface area (Å²) in [6.07, 6.45) is 0.533. The summed E-state index contributed by atoms with van der Waals surface area (Å²) in [7, 11) is 0. The highest BCUT2D eigenvalue weighted by molar-refractivity contribution is 6.32. The smallest absolute Gasteiger partial charge is 0.339 e. The maximum atomic E-state index is 12.2. The van der Waals surface area contributed by atoms with Gasteiger partial charge in [0, 0.05) is 0 Å². The van der Waals surface area contributed by atoms with Gasteiger partial charge in [-0.1, -0.05) is 11.6 Å². The van der Waals surface area contributed by atoms with E-state index in [0.29, 0.717) is 17.3 Å². The Hall–Kier alpha value is -2.67. The molecule has 1 N–H and O–H groups in total. The Labute approximate surface area is 142 Å². The van der Waals surface area contributed by atoms with Gasteiger partial charge in [-0.3, -0.25) is 4.79 Å². The quantitative estimate of drug-likeness (QED) is 0.833. The number of carbonyl (C=O) groups excluding carboxylic acids is 2. The third-order valence-electron chi connectivity index (χ3n) is 3.33. The van der Waals surface area contributed by atoms with Crippen LogP contribution in [0.4, 0.5) is 0 Å². The molecule has 7 nitrogen and oxygen atoms in total. The lowest BCUT2D eigenvalue weighted by Gasteiger charge is -2.13. The van der Waals surface area contributed by atoms with Gasteiger partial charge in [0.1, 0.15) is 5.76 Å². The summed E-state index contributed by atoms with van der Waals surface area (Å²) in [4.78, 5) is 24.1. The molecular weight excluding hydrogens is 338 g/mol. The molecule has 1 amide bonds. The van der Waals surface area contributed by atoms with Gasteiger partial charge in [0.15, 0.2) is 17.6 Å². The Morgan fingerprint density at radius 2 is 2.21 bits per heavy atom. The summed E-state index contributed by atoms with van der Waals surface area (Å²) >= 11 is 6.02. The van der Waals surface area contributed by atoms with Crippen molar-refractivity contribution in [3.8, 4) is 11.5 Å². The van der Waals surface area contributed by atoms with Gasteiger partial charge in [-0.15, -0.1) is 0 Å². The number of hydrogen-bond donors (Lipinski definition) is 1. The Balaban J connectivity index is 1.59. The van der Waals surface area contributed by atoms with Crippen molar-refractivity contribution in [3.05, 3.63) is 46.9 Å². The van der Waals surface area contributed by atoms with Gasteiger partial charge < -0.3 is 23.9 Å². The standard InChI is InChI=1S/C16H14ClNO6/c1-9(15(19)18-7-11-3-2-4-21-11)24-16(20)10-5-12(17)14-13(6-10)22-8-23-14/h2-6,9H,7-8H2,1H3,(H,18,19). The lowest BCUT2D eigenvalue weighted by atomic mass is 10.2. The Morgan fingerprint density at radius 3 is 2.96 bits per heavy atom. The van der Waals surface area contributed by atoms with Crippen LogP contribution >= 0.6 is 11.6 Å². The second-order valence-corrected chi connectivity index (χ2v) is 5.44. The highest BCUT2D eigenvalue weighted by atomic mass is 35.5. The van der Waals surface area contributed by atoms with Crippen LogP contribution in [-0.4, -0.2) is 24.8 Å². The van der Waals surface area contributed by atoms with Gasteiger partial charge in [-0.05, 0) is 31.2 Å². The van der Waals surface area contributed by atoms with E-state index in [4.69, 9.17) is 30.2 Å². The van der Waals surface area contributed by atoms with Crippen molar-refractivity contribution in [2.24, 2.45) is 0 Å². The highest BCUT2D eigenvalue weighted by Gasteiger charge is 2.24. The van der Waals surface area contributed by atoms with Gasteiger partial charge in [0.05, 0.1) is 23.4 Å². The average Bonchev–Trinajstić information content (AvgIpc) is 3.23. The molecule has 2 aromatic rings. The molecule has 1 aromatic carbocycles. The number of amides is 1. The van der Waals surface area contributed by atoms with Gasteiger partial charge in [0.2, 0.25) is 6.79 Å². The second kappa shape index (κ2) is 6.84. The molecule has 0 radical (unpaired) electrons. The molecule has 0 aliphatic carbocycles. The fourth-order valence-electron chi connectivity index (χ4n) is 2.10. The third-order valence-corrected chi connectivity index (χ3v) is 3.61. The van der Waals surface area contributed by atoms with Gasteiger partial charge in [-0.2, -0.15) is 0 Å². The number of fused-ring (bicyclic) bond motifs is 1. The van der Waals surface area contributed by atoms with E-state index in [-0.39, 0.29) is 23.9 Å². The lowest BCUT2D eigenvalue weighted by molar-refractivity contribution is -0.129. The maximum Gasteiger partial charge on any atom is 0.339 e. The van der Waals surface area contributed by atoms with E-state index >= 15 is 0 Å². The molecule has 1 aromatic heterocycles. The molecule has 1 aliphatic rings. The molecule has 126 valence electrons. The largest absolute Gasteiger partial charge is 0.467 e. The predicted octanol–water partition coefficient (Wildman–Crippen LogP) is 2.52. The van der Waals surface area contributed by atoms with Crippen LogP contribution in [0.2, 0.25) is 5.02 Å². The van der Waals surface area contributed by atoms with E-state index < -0.39 is 18.0 Å². The van der Waals surface area contributed by atoms with Crippen molar-refractivity contribution >= 4 is 23.5 Å². The number of benzene rings is 1. The summed E-state index contributed by atoms with van der Waals surface area (Å²) in [5, 5.41) is 2.86. The number of furan rings is 1. The van der Waals surface area contributed by atoms with E-state index in [2.05, 4.69) is 5.32 Å². The molecule has 2 heterocycles. The lowest BCUT2D eigenvalue weighted by Crippen LogP contribution is -2.35. The Morgan fingerprint density at radius 1 is 1.38 bits per heavy atom. The third kappa shape index (κ3) is 3.46. The summed E-state index contributed by atoms with van der Waals surface area (Å²) in [6.45, 7) is 1.73. The van der Waals surface area contributed by atoms with Crippen LogP contribution in [0, 0.1) is 0 Å². The van der Waals surface area contributed by atoms with Crippen molar-refractivity contribution in [2.45, 2.75) is 19.6 Å². The minimum absolute atomic E-state index is 0.0408. The molecular formula is C16H14ClNO6. The minimum Gasteiger partial charge on any atom is -0.467 e. The summed E-state index contributed by atoms with van der Waals surface area (Å²) in [5.41, 5.74) is 0.176.